The van der Waals surface area contributed by atoms with Crippen LogP contribution in [0.2, 0.25) is 0 Å². The van der Waals surface area contributed by atoms with Gasteiger partial charge >= 0.3 is 0 Å². The highest BCUT2D eigenvalue weighted by molar-refractivity contribution is 7.89. The number of primary sulfonamides is 1. The van der Waals surface area contributed by atoms with Crippen molar-refractivity contribution in [3.63, 3.8) is 0 Å². The summed E-state index contributed by atoms with van der Waals surface area (Å²) in [5, 5.41) is 12.3. The van der Waals surface area contributed by atoms with Crippen molar-refractivity contribution in [2.24, 2.45) is 10.2 Å². The number of fused-ring (bicyclic) bond motifs is 1. The molecule has 10 heteroatoms. The lowest BCUT2D eigenvalue weighted by Gasteiger charge is -2.20. The molecule has 0 spiro atoms. The quantitative estimate of drug-likeness (QED) is 0.493. The Morgan fingerprint density at radius 3 is 2.50 bits per heavy atom. The molecule has 0 aliphatic carbocycles. The third-order valence-corrected chi connectivity index (χ3v) is 5.78. The first-order valence-corrected chi connectivity index (χ1v) is 11.0. The van der Waals surface area contributed by atoms with E-state index >= 15 is 0 Å². The number of thiocarbonyl (C=S) groups is 1. The molecular weight excluding hydrogens is 422 g/mol. The molecule has 1 aliphatic heterocycles. The van der Waals surface area contributed by atoms with Crippen LogP contribution in [0.1, 0.15) is 31.9 Å². The molecule has 4 N–H and O–H groups in total. The number of hydrazone groups is 1. The van der Waals surface area contributed by atoms with Crippen LogP contribution in [-0.4, -0.2) is 32.2 Å². The van der Waals surface area contributed by atoms with E-state index in [-0.39, 0.29) is 27.0 Å². The molecule has 0 fully saturated rings. The van der Waals surface area contributed by atoms with Crippen molar-refractivity contribution < 1.29 is 13.2 Å². The molecule has 2 aromatic rings. The molecule has 0 saturated carbocycles. The maximum Gasteiger partial charge on any atom is 0.279 e. The third kappa shape index (κ3) is 4.50. The normalized spacial score (nSPS) is 15.3. The van der Waals surface area contributed by atoms with Crippen LogP contribution >= 0.6 is 12.2 Å². The van der Waals surface area contributed by atoms with Gasteiger partial charge in [0.15, 0.2) is 10.8 Å². The second-order valence-corrected chi connectivity index (χ2v) is 9.91. The molecule has 0 saturated heterocycles. The van der Waals surface area contributed by atoms with Crippen LogP contribution < -0.4 is 20.8 Å². The van der Waals surface area contributed by atoms with E-state index in [1.54, 1.807) is 13.1 Å². The van der Waals surface area contributed by atoms with Gasteiger partial charge in [-0.3, -0.25) is 10.2 Å². The zero-order valence-electron chi connectivity index (χ0n) is 17.1. The molecule has 3 rings (SSSR count). The second-order valence-electron chi connectivity index (χ2n) is 7.95. The van der Waals surface area contributed by atoms with Gasteiger partial charge in [0.2, 0.25) is 10.0 Å². The van der Waals surface area contributed by atoms with Crippen LogP contribution in [0.4, 0.5) is 11.4 Å². The molecule has 158 valence electrons. The zero-order valence-corrected chi connectivity index (χ0v) is 18.7. The van der Waals surface area contributed by atoms with Gasteiger partial charge in [-0.15, -0.1) is 0 Å². The molecule has 0 atom stereocenters. The van der Waals surface area contributed by atoms with E-state index in [9.17, 15) is 13.2 Å². The minimum absolute atomic E-state index is 0.0437. The molecular formula is C20H23N5O3S2. The van der Waals surface area contributed by atoms with Crippen LogP contribution in [0.3, 0.4) is 0 Å². The maximum atomic E-state index is 12.7. The number of amides is 1. The van der Waals surface area contributed by atoms with Crippen molar-refractivity contribution >= 4 is 50.3 Å². The highest BCUT2D eigenvalue weighted by Crippen LogP contribution is 2.32. The van der Waals surface area contributed by atoms with Gasteiger partial charge in [0.1, 0.15) is 0 Å². The number of hydrogen-bond acceptors (Lipinski definition) is 5. The minimum Gasteiger partial charge on any atom is -0.331 e. The summed E-state index contributed by atoms with van der Waals surface area (Å²) >= 11 is 5.22. The van der Waals surface area contributed by atoms with Gasteiger partial charge in [0, 0.05) is 18.3 Å². The van der Waals surface area contributed by atoms with E-state index in [4.69, 9.17) is 17.4 Å². The summed E-state index contributed by atoms with van der Waals surface area (Å²) in [6.45, 7) is 6.29. The van der Waals surface area contributed by atoms with E-state index in [1.807, 2.05) is 18.2 Å². The number of benzene rings is 2. The molecule has 2 aromatic carbocycles. The predicted molar refractivity (Wildman–Crippen MR) is 122 cm³/mol. The SMILES string of the molecule is CN1C(=O)C(=NNC(=S)Nc2cccc(S(N)(=O)=O)c2)c2cc(C(C)(C)C)ccc21. The summed E-state index contributed by atoms with van der Waals surface area (Å²) in [6.07, 6.45) is 0. The highest BCUT2D eigenvalue weighted by atomic mass is 32.2. The number of nitrogens with zero attached hydrogens (tertiary/aromatic N) is 2. The minimum atomic E-state index is -3.83. The summed E-state index contributed by atoms with van der Waals surface area (Å²) in [5.74, 6) is -0.248. The van der Waals surface area contributed by atoms with Crippen molar-refractivity contribution in [1.29, 1.82) is 0 Å². The first kappa shape index (κ1) is 21.9. The van der Waals surface area contributed by atoms with Crippen molar-refractivity contribution in [3.05, 3.63) is 53.6 Å². The fourth-order valence-corrected chi connectivity index (χ4v) is 3.72. The van der Waals surface area contributed by atoms with Crippen LogP contribution in [0, 0.1) is 0 Å². The van der Waals surface area contributed by atoms with Crippen LogP contribution in [0.15, 0.2) is 52.5 Å². The monoisotopic (exact) mass is 445 g/mol. The standard InChI is InChI=1S/C20H23N5O3S2/c1-20(2,3)12-8-9-16-15(10-12)17(18(26)25(16)4)23-24-19(29)22-13-6-5-7-14(11-13)30(21,27)28/h5-11H,1-4H3,(H2,21,27,28)(H2,22,24,29). The Balaban J connectivity index is 1.83. The van der Waals surface area contributed by atoms with Gasteiger partial charge < -0.3 is 10.2 Å². The lowest BCUT2D eigenvalue weighted by Crippen LogP contribution is -2.30. The van der Waals surface area contributed by atoms with Crippen LogP contribution in [0.5, 0.6) is 0 Å². The molecule has 0 aromatic heterocycles. The Morgan fingerprint density at radius 1 is 1.17 bits per heavy atom. The number of carbonyl (C=O) groups excluding carboxylic acids is 1. The van der Waals surface area contributed by atoms with Gasteiger partial charge in [-0.05, 0) is 53.5 Å². The molecule has 0 bridgehead atoms. The summed E-state index contributed by atoms with van der Waals surface area (Å²) in [5.41, 5.74) is 5.83. The summed E-state index contributed by atoms with van der Waals surface area (Å²) < 4.78 is 23.0. The molecule has 0 radical (unpaired) electrons. The average Bonchev–Trinajstić information content (AvgIpc) is 2.89. The van der Waals surface area contributed by atoms with Gasteiger partial charge in [0.05, 0.1) is 10.6 Å². The molecule has 30 heavy (non-hydrogen) atoms. The maximum absolute atomic E-state index is 12.7. The lowest BCUT2D eigenvalue weighted by atomic mass is 9.85. The van der Waals surface area contributed by atoms with Crippen molar-refractivity contribution in [2.45, 2.75) is 31.1 Å². The van der Waals surface area contributed by atoms with E-state index in [2.05, 4.69) is 36.6 Å². The average molecular weight is 446 g/mol. The van der Waals surface area contributed by atoms with Gasteiger partial charge in [0.25, 0.3) is 5.91 Å². The van der Waals surface area contributed by atoms with Crippen molar-refractivity contribution in [2.75, 3.05) is 17.3 Å². The molecule has 1 aliphatic rings. The Hall–Kier alpha value is -2.82. The highest BCUT2D eigenvalue weighted by Gasteiger charge is 2.33. The zero-order chi connectivity index (χ0) is 22.3. The fraction of sp³-hybridized carbons (Fsp3) is 0.250. The number of rotatable bonds is 3. The molecule has 1 amide bonds. The Labute approximate surface area is 181 Å². The number of anilines is 2. The Kier molecular flexibility index (Phi) is 5.68. The van der Waals surface area contributed by atoms with Gasteiger partial charge in [-0.25, -0.2) is 13.6 Å². The second kappa shape index (κ2) is 7.78. The summed E-state index contributed by atoms with van der Waals surface area (Å²) in [4.78, 5) is 14.2. The number of hydrogen-bond donors (Lipinski definition) is 3. The summed E-state index contributed by atoms with van der Waals surface area (Å²) in [7, 11) is -2.14. The molecule has 0 unspecified atom stereocenters. The summed E-state index contributed by atoms with van der Waals surface area (Å²) in [6, 6.07) is 11.8. The van der Waals surface area contributed by atoms with Crippen LogP contribution in [0.25, 0.3) is 0 Å². The first-order valence-electron chi connectivity index (χ1n) is 9.08. The smallest absolute Gasteiger partial charge is 0.279 e. The van der Waals surface area contributed by atoms with Crippen LogP contribution in [-0.2, 0) is 20.2 Å². The largest absolute Gasteiger partial charge is 0.331 e. The molecule has 8 nitrogen and oxygen atoms in total. The third-order valence-electron chi connectivity index (χ3n) is 4.68. The number of nitrogens with one attached hydrogen (secondary N) is 2. The van der Waals surface area contributed by atoms with Gasteiger partial charge in [-0.1, -0.05) is 32.9 Å². The number of sulfonamides is 1. The van der Waals surface area contributed by atoms with E-state index < -0.39 is 10.0 Å². The number of carbonyl (C=O) groups is 1. The van der Waals surface area contributed by atoms with Crippen molar-refractivity contribution in [1.82, 2.24) is 5.43 Å². The van der Waals surface area contributed by atoms with Crippen molar-refractivity contribution in [3.8, 4) is 0 Å². The van der Waals surface area contributed by atoms with E-state index in [0.29, 0.717) is 5.69 Å². The van der Waals surface area contributed by atoms with E-state index in [1.165, 1.54) is 23.1 Å². The molecule has 1 heterocycles. The topological polar surface area (TPSA) is 117 Å². The predicted octanol–water partition coefficient (Wildman–Crippen LogP) is 2.30. The number of likely N-dealkylation sites (N-methyl/N-ethyl adjacent to an activating group) is 1. The first-order chi connectivity index (χ1) is 13.9. The van der Waals surface area contributed by atoms with Gasteiger partial charge in [-0.2, -0.15) is 5.10 Å². The fourth-order valence-electron chi connectivity index (χ4n) is 2.99. The van der Waals surface area contributed by atoms with E-state index in [0.717, 1.165) is 16.8 Å². The number of nitrogens with two attached hydrogens (primary N) is 1. The Morgan fingerprint density at radius 2 is 1.87 bits per heavy atom. The lowest BCUT2D eigenvalue weighted by molar-refractivity contribution is -0.111. The Bertz CT molecular complexity index is 1170.